The molecule has 80 valence electrons. The van der Waals surface area contributed by atoms with E-state index in [4.69, 9.17) is 16.7 Å². The molecular weight excluding hydrogens is 213 g/mol. The van der Waals surface area contributed by atoms with Crippen molar-refractivity contribution in [3.8, 4) is 0 Å². The highest BCUT2D eigenvalue weighted by molar-refractivity contribution is 6.19. The van der Waals surface area contributed by atoms with E-state index in [0.29, 0.717) is 0 Å². The molecule has 0 bridgehead atoms. The SMILES string of the molecule is OCC(F)OCC(Cl)OCC(F)F. The van der Waals surface area contributed by atoms with Crippen molar-refractivity contribution >= 4 is 11.6 Å². The van der Waals surface area contributed by atoms with E-state index in [9.17, 15) is 13.2 Å². The maximum Gasteiger partial charge on any atom is 0.261 e. The third-order valence-electron chi connectivity index (χ3n) is 0.955. The van der Waals surface area contributed by atoms with Gasteiger partial charge in [0, 0.05) is 0 Å². The summed E-state index contributed by atoms with van der Waals surface area (Å²) in [6.45, 7) is -2.03. The maximum absolute atomic E-state index is 12.2. The second kappa shape index (κ2) is 7.37. The van der Waals surface area contributed by atoms with Crippen LogP contribution in [0.25, 0.3) is 0 Å². The van der Waals surface area contributed by atoms with Crippen molar-refractivity contribution in [3.05, 3.63) is 0 Å². The Morgan fingerprint density at radius 3 is 2.23 bits per heavy atom. The average Bonchev–Trinajstić information content (AvgIpc) is 2.10. The first-order valence-corrected chi connectivity index (χ1v) is 3.90. The van der Waals surface area contributed by atoms with Gasteiger partial charge in [0.25, 0.3) is 6.43 Å². The lowest BCUT2D eigenvalue weighted by Crippen LogP contribution is -2.21. The van der Waals surface area contributed by atoms with Gasteiger partial charge >= 0.3 is 0 Å². The summed E-state index contributed by atoms with van der Waals surface area (Å²) < 4.78 is 43.8. The molecule has 0 fully saturated rings. The number of rotatable bonds is 7. The van der Waals surface area contributed by atoms with E-state index >= 15 is 0 Å². The minimum Gasteiger partial charge on any atom is -0.391 e. The highest BCUT2D eigenvalue weighted by Crippen LogP contribution is 2.04. The molecule has 0 aromatic carbocycles. The standard InChI is InChI=1S/C6H10ClF3O3/c7-4(12-3-5(8)9)2-13-6(10)1-11/h4-6,11H,1-3H2. The summed E-state index contributed by atoms with van der Waals surface area (Å²) in [7, 11) is 0. The Balaban J connectivity index is 3.34. The first-order chi connectivity index (χ1) is 6.06. The van der Waals surface area contributed by atoms with E-state index in [1.165, 1.54) is 0 Å². The lowest BCUT2D eigenvalue weighted by Gasteiger charge is -2.12. The molecule has 0 spiro atoms. The maximum atomic E-state index is 12.2. The smallest absolute Gasteiger partial charge is 0.261 e. The van der Waals surface area contributed by atoms with E-state index < -0.39 is 38.2 Å². The fraction of sp³-hybridized carbons (Fsp3) is 1.00. The number of halogens is 4. The van der Waals surface area contributed by atoms with Gasteiger partial charge in [-0.1, -0.05) is 11.6 Å². The summed E-state index contributed by atoms with van der Waals surface area (Å²) in [6.07, 6.45) is -4.49. The largest absolute Gasteiger partial charge is 0.391 e. The molecule has 0 aromatic heterocycles. The predicted octanol–water partition coefficient (Wildman–Crippen LogP) is 1.14. The molecule has 0 radical (unpaired) electrons. The molecule has 2 unspecified atom stereocenters. The molecule has 0 rings (SSSR count). The first kappa shape index (κ1) is 13.0. The van der Waals surface area contributed by atoms with Gasteiger partial charge in [0.15, 0.2) is 5.56 Å². The molecule has 13 heavy (non-hydrogen) atoms. The number of hydrogen-bond acceptors (Lipinski definition) is 3. The van der Waals surface area contributed by atoms with Gasteiger partial charge < -0.3 is 14.6 Å². The third kappa shape index (κ3) is 8.29. The van der Waals surface area contributed by atoms with Crippen molar-refractivity contribution in [1.82, 2.24) is 0 Å². The fourth-order valence-corrected chi connectivity index (χ4v) is 0.604. The van der Waals surface area contributed by atoms with E-state index in [1.807, 2.05) is 0 Å². The summed E-state index contributed by atoms with van der Waals surface area (Å²) in [4.78, 5) is 0. The van der Waals surface area contributed by atoms with Crippen molar-refractivity contribution in [2.24, 2.45) is 0 Å². The quantitative estimate of drug-likeness (QED) is 0.657. The van der Waals surface area contributed by atoms with Crippen LogP contribution in [0.2, 0.25) is 0 Å². The minimum absolute atomic E-state index is 0.393. The number of aliphatic hydroxyl groups is 1. The van der Waals surface area contributed by atoms with Crippen molar-refractivity contribution in [3.63, 3.8) is 0 Å². The zero-order valence-corrected chi connectivity index (χ0v) is 7.38. The van der Waals surface area contributed by atoms with E-state index in [1.54, 1.807) is 0 Å². The van der Waals surface area contributed by atoms with Crippen LogP contribution in [0.4, 0.5) is 13.2 Å². The van der Waals surface area contributed by atoms with Crippen LogP contribution in [0.15, 0.2) is 0 Å². The van der Waals surface area contributed by atoms with Gasteiger partial charge in [-0.05, 0) is 0 Å². The second-order valence-corrected chi connectivity index (χ2v) is 2.55. The van der Waals surface area contributed by atoms with Crippen LogP contribution in [0.5, 0.6) is 0 Å². The Bertz CT molecular complexity index is 128. The number of aliphatic hydroxyl groups excluding tert-OH is 1. The summed E-state index contributed by atoms with van der Waals surface area (Å²) in [6, 6.07) is 0. The number of hydrogen-bond donors (Lipinski definition) is 1. The molecule has 0 aliphatic rings. The van der Waals surface area contributed by atoms with E-state index in [2.05, 4.69) is 9.47 Å². The lowest BCUT2D eigenvalue weighted by atomic mass is 10.7. The van der Waals surface area contributed by atoms with E-state index in [0.717, 1.165) is 0 Å². The monoisotopic (exact) mass is 222 g/mol. The Morgan fingerprint density at radius 1 is 1.15 bits per heavy atom. The minimum atomic E-state index is -2.62. The Labute approximate surface area is 78.4 Å². The summed E-state index contributed by atoms with van der Waals surface area (Å²) in [5, 5.41) is 8.16. The van der Waals surface area contributed by atoms with Crippen LogP contribution in [0, 0.1) is 0 Å². The Hall–Kier alpha value is -0.0400. The summed E-state index contributed by atoms with van der Waals surface area (Å²) in [5.74, 6) is 0. The third-order valence-corrected chi connectivity index (χ3v) is 1.21. The first-order valence-electron chi connectivity index (χ1n) is 3.46. The van der Waals surface area contributed by atoms with Crippen LogP contribution in [-0.2, 0) is 9.47 Å². The van der Waals surface area contributed by atoms with Crippen molar-refractivity contribution in [2.75, 3.05) is 19.8 Å². The van der Waals surface area contributed by atoms with Crippen LogP contribution >= 0.6 is 11.6 Å². The van der Waals surface area contributed by atoms with Gasteiger partial charge in [-0.25, -0.2) is 13.2 Å². The van der Waals surface area contributed by atoms with Crippen molar-refractivity contribution in [1.29, 1.82) is 0 Å². The zero-order chi connectivity index (χ0) is 10.3. The average molecular weight is 223 g/mol. The molecule has 3 nitrogen and oxygen atoms in total. The van der Waals surface area contributed by atoms with Gasteiger partial charge in [-0.2, -0.15) is 0 Å². The second-order valence-electron chi connectivity index (χ2n) is 2.06. The molecule has 0 heterocycles. The van der Waals surface area contributed by atoms with Crippen molar-refractivity contribution < 1.29 is 27.8 Å². The van der Waals surface area contributed by atoms with Crippen LogP contribution in [0.3, 0.4) is 0 Å². The topological polar surface area (TPSA) is 38.7 Å². The molecule has 2 atom stereocenters. The van der Waals surface area contributed by atoms with Gasteiger partial charge in [-0.15, -0.1) is 0 Å². The number of alkyl halides is 4. The molecule has 0 amide bonds. The normalized spacial score (nSPS) is 16.2. The van der Waals surface area contributed by atoms with Gasteiger partial charge in [0.05, 0.1) is 13.2 Å². The lowest BCUT2D eigenvalue weighted by molar-refractivity contribution is -0.101. The van der Waals surface area contributed by atoms with Crippen molar-refractivity contribution in [2.45, 2.75) is 18.3 Å². The Kier molecular flexibility index (Phi) is 7.35. The molecule has 0 aliphatic carbocycles. The molecular formula is C6H10ClF3O3. The molecule has 0 aliphatic heterocycles. The van der Waals surface area contributed by atoms with Crippen LogP contribution in [-0.4, -0.2) is 43.3 Å². The molecule has 0 saturated carbocycles. The summed E-state index contributed by atoms with van der Waals surface area (Å²) >= 11 is 5.30. The molecule has 1 N–H and O–H groups in total. The molecule has 0 saturated heterocycles. The predicted molar refractivity (Wildman–Crippen MR) is 39.5 cm³/mol. The Morgan fingerprint density at radius 2 is 1.77 bits per heavy atom. The highest BCUT2D eigenvalue weighted by atomic mass is 35.5. The van der Waals surface area contributed by atoms with Gasteiger partial charge in [0.2, 0.25) is 6.36 Å². The highest BCUT2D eigenvalue weighted by Gasteiger charge is 2.12. The zero-order valence-electron chi connectivity index (χ0n) is 6.63. The molecule has 7 heteroatoms. The van der Waals surface area contributed by atoms with Gasteiger partial charge in [-0.3, -0.25) is 0 Å². The van der Waals surface area contributed by atoms with Crippen LogP contribution < -0.4 is 0 Å². The number of ether oxygens (including phenoxy) is 2. The van der Waals surface area contributed by atoms with Crippen LogP contribution in [0.1, 0.15) is 0 Å². The summed E-state index contributed by atoms with van der Waals surface area (Å²) in [5.41, 5.74) is -1.14. The fourth-order valence-electron chi connectivity index (χ4n) is 0.458. The molecule has 0 aromatic rings. The van der Waals surface area contributed by atoms with Gasteiger partial charge in [0.1, 0.15) is 6.61 Å². The van der Waals surface area contributed by atoms with E-state index in [-0.39, 0.29) is 0 Å².